The van der Waals surface area contributed by atoms with Crippen molar-refractivity contribution in [2.45, 2.75) is 73.6 Å². The predicted molar refractivity (Wildman–Crippen MR) is 89.8 cm³/mol. The molecule has 0 spiro atoms. The van der Waals surface area contributed by atoms with Gasteiger partial charge in [-0.25, -0.2) is 4.79 Å². The van der Waals surface area contributed by atoms with Gasteiger partial charge in [0.25, 0.3) is 0 Å². The number of carboxylic acid groups (broad SMARTS) is 1. The highest BCUT2D eigenvalue weighted by molar-refractivity contribution is 5.73. The van der Waals surface area contributed by atoms with E-state index in [1.807, 2.05) is 0 Å². The Bertz CT molecular complexity index is 265. The molecule has 0 saturated carbocycles. The zero-order valence-electron chi connectivity index (χ0n) is 15.9. The van der Waals surface area contributed by atoms with E-state index in [-0.39, 0.29) is 0 Å². The van der Waals surface area contributed by atoms with Crippen LogP contribution in [0, 0.1) is 0 Å². The highest BCUT2D eigenvalue weighted by Crippen LogP contribution is 2.13. The first kappa shape index (κ1) is 27.0. The van der Waals surface area contributed by atoms with Crippen LogP contribution in [-0.4, -0.2) is 65.3 Å². The van der Waals surface area contributed by atoms with Crippen molar-refractivity contribution in [3.63, 3.8) is 0 Å². The Morgan fingerprint density at radius 2 is 1.13 bits per heavy atom. The monoisotopic (exact) mass is 344 g/mol. The molecule has 0 aromatic heterocycles. The van der Waals surface area contributed by atoms with Crippen molar-refractivity contribution in [3.8, 4) is 0 Å². The van der Waals surface area contributed by atoms with Crippen molar-refractivity contribution in [2.24, 2.45) is 0 Å². The standard InChI is InChI=1S/C8H19N.C6H15N.C2HF3O2/c1-6-9(7(2)3)8(4)5;1-4-7(5-2)6-3;3-2(4,5)1(6)7/h7-8H,6H2,1-5H3;4-6H2,1-3H3;(H,6,7). The number of nitrogens with zero attached hydrogens (tertiary/aromatic N) is 2. The van der Waals surface area contributed by atoms with Gasteiger partial charge in [-0.2, -0.15) is 13.2 Å². The number of hydrogen-bond donors (Lipinski definition) is 1. The van der Waals surface area contributed by atoms with Crippen LogP contribution in [0.2, 0.25) is 0 Å². The fourth-order valence-electron chi connectivity index (χ4n) is 2.00. The molecule has 0 aromatic carbocycles. The molecule has 7 heteroatoms. The van der Waals surface area contributed by atoms with Gasteiger partial charge in [0.2, 0.25) is 0 Å². The molecule has 0 saturated heterocycles. The van der Waals surface area contributed by atoms with Crippen LogP contribution in [0.15, 0.2) is 0 Å². The molecule has 142 valence electrons. The Morgan fingerprint density at radius 3 is 1.13 bits per heavy atom. The highest BCUT2D eigenvalue weighted by Gasteiger charge is 2.38. The van der Waals surface area contributed by atoms with Crippen LogP contribution in [0.4, 0.5) is 13.2 Å². The lowest BCUT2D eigenvalue weighted by Crippen LogP contribution is -2.36. The zero-order valence-corrected chi connectivity index (χ0v) is 15.9. The number of aliphatic carboxylic acids is 1. The van der Waals surface area contributed by atoms with E-state index in [1.54, 1.807) is 0 Å². The minimum absolute atomic E-state index is 0.690. The lowest BCUT2D eigenvalue weighted by atomic mass is 10.2. The lowest BCUT2D eigenvalue weighted by Gasteiger charge is -2.28. The SMILES string of the molecule is CCN(C(C)C)C(C)C.CCN(CC)CC.O=C(O)C(F)(F)F. The van der Waals surface area contributed by atoms with Crippen molar-refractivity contribution in [1.82, 2.24) is 9.80 Å². The van der Waals surface area contributed by atoms with Gasteiger partial charge in [-0.1, -0.05) is 27.7 Å². The summed E-state index contributed by atoms with van der Waals surface area (Å²) in [6.07, 6.45) is -5.08. The summed E-state index contributed by atoms with van der Waals surface area (Å²) >= 11 is 0. The van der Waals surface area contributed by atoms with Crippen LogP contribution in [0.1, 0.15) is 55.4 Å². The van der Waals surface area contributed by atoms with E-state index in [9.17, 15) is 13.2 Å². The predicted octanol–water partition coefficient (Wildman–Crippen LogP) is 4.11. The molecule has 0 unspecified atom stereocenters. The molecular formula is C16H35F3N2O2. The van der Waals surface area contributed by atoms with E-state index < -0.39 is 12.1 Å². The van der Waals surface area contributed by atoms with E-state index >= 15 is 0 Å². The van der Waals surface area contributed by atoms with Crippen LogP contribution in [-0.2, 0) is 4.79 Å². The van der Waals surface area contributed by atoms with Crippen molar-refractivity contribution in [3.05, 3.63) is 0 Å². The molecule has 0 aromatic rings. The number of rotatable bonds is 6. The molecule has 0 amide bonds. The molecule has 0 radical (unpaired) electrons. The molecule has 0 aliphatic rings. The highest BCUT2D eigenvalue weighted by atomic mass is 19.4. The minimum atomic E-state index is -5.08. The molecule has 0 aliphatic carbocycles. The average molecular weight is 344 g/mol. The van der Waals surface area contributed by atoms with Crippen molar-refractivity contribution < 1.29 is 23.1 Å². The van der Waals surface area contributed by atoms with E-state index in [0.717, 1.165) is 6.54 Å². The Kier molecular flexibility index (Phi) is 17.3. The summed E-state index contributed by atoms with van der Waals surface area (Å²) in [6.45, 7) is 22.5. The molecular weight excluding hydrogens is 309 g/mol. The van der Waals surface area contributed by atoms with Gasteiger partial charge in [0.05, 0.1) is 0 Å². The maximum atomic E-state index is 10.6. The van der Waals surface area contributed by atoms with Gasteiger partial charge in [-0.05, 0) is 53.9 Å². The second-order valence-electron chi connectivity index (χ2n) is 5.44. The Labute approximate surface area is 139 Å². The smallest absolute Gasteiger partial charge is 0.475 e. The Morgan fingerprint density at radius 1 is 0.870 bits per heavy atom. The Balaban J connectivity index is -0.000000264. The molecule has 0 fully saturated rings. The van der Waals surface area contributed by atoms with Gasteiger partial charge in [-0.15, -0.1) is 0 Å². The summed E-state index contributed by atoms with van der Waals surface area (Å²) in [4.78, 5) is 13.7. The maximum absolute atomic E-state index is 10.6. The normalized spacial score (nSPS) is 11.3. The van der Waals surface area contributed by atoms with E-state index in [1.165, 1.54) is 19.6 Å². The van der Waals surface area contributed by atoms with Crippen molar-refractivity contribution in [2.75, 3.05) is 26.2 Å². The summed E-state index contributed by atoms with van der Waals surface area (Å²) in [5, 5.41) is 7.12. The first-order chi connectivity index (χ1) is 10.4. The number of hydrogen-bond acceptors (Lipinski definition) is 3. The second kappa shape index (κ2) is 14.8. The summed E-state index contributed by atoms with van der Waals surface area (Å²) in [5.74, 6) is -2.76. The summed E-state index contributed by atoms with van der Waals surface area (Å²) < 4.78 is 31.7. The molecule has 0 aliphatic heterocycles. The first-order valence-electron chi connectivity index (χ1n) is 8.16. The van der Waals surface area contributed by atoms with Crippen LogP contribution in [0.25, 0.3) is 0 Å². The van der Waals surface area contributed by atoms with Crippen LogP contribution < -0.4 is 0 Å². The van der Waals surface area contributed by atoms with Crippen LogP contribution in [0.5, 0.6) is 0 Å². The third kappa shape index (κ3) is 17.4. The van der Waals surface area contributed by atoms with Gasteiger partial charge in [0.1, 0.15) is 0 Å². The summed E-state index contributed by atoms with van der Waals surface area (Å²) in [5.41, 5.74) is 0. The summed E-state index contributed by atoms with van der Waals surface area (Å²) in [6, 6.07) is 1.38. The van der Waals surface area contributed by atoms with Gasteiger partial charge >= 0.3 is 12.1 Å². The topological polar surface area (TPSA) is 43.8 Å². The van der Waals surface area contributed by atoms with Gasteiger partial charge in [0, 0.05) is 12.1 Å². The fraction of sp³-hybridized carbons (Fsp3) is 0.938. The molecule has 1 N–H and O–H groups in total. The zero-order chi connectivity index (χ0) is 19.2. The molecule has 23 heavy (non-hydrogen) atoms. The number of carbonyl (C=O) groups is 1. The molecule has 0 bridgehead atoms. The molecule has 4 nitrogen and oxygen atoms in total. The van der Waals surface area contributed by atoms with Crippen molar-refractivity contribution in [1.29, 1.82) is 0 Å². The molecule has 0 rings (SSSR count). The third-order valence-electron chi connectivity index (χ3n) is 3.28. The maximum Gasteiger partial charge on any atom is 0.490 e. The number of carboxylic acids is 1. The molecule has 0 atom stereocenters. The fourth-order valence-corrected chi connectivity index (χ4v) is 2.00. The first-order valence-corrected chi connectivity index (χ1v) is 8.16. The largest absolute Gasteiger partial charge is 0.490 e. The third-order valence-corrected chi connectivity index (χ3v) is 3.28. The van der Waals surface area contributed by atoms with E-state index in [2.05, 4.69) is 65.2 Å². The average Bonchev–Trinajstić information content (AvgIpc) is 2.40. The minimum Gasteiger partial charge on any atom is -0.475 e. The van der Waals surface area contributed by atoms with Crippen molar-refractivity contribution >= 4 is 5.97 Å². The van der Waals surface area contributed by atoms with E-state index in [0.29, 0.717) is 12.1 Å². The van der Waals surface area contributed by atoms with Gasteiger partial charge in [-0.3, -0.25) is 4.90 Å². The van der Waals surface area contributed by atoms with Crippen LogP contribution >= 0.6 is 0 Å². The molecule has 0 heterocycles. The van der Waals surface area contributed by atoms with Gasteiger partial charge in [0.15, 0.2) is 0 Å². The Hall–Kier alpha value is -0.820. The second-order valence-corrected chi connectivity index (χ2v) is 5.44. The summed E-state index contributed by atoms with van der Waals surface area (Å²) in [7, 11) is 0. The lowest BCUT2D eigenvalue weighted by molar-refractivity contribution is -0.192. The quantitative estimate of drug-likeness (QED) is 0.788. The number of alkyl halides is 3. The van der Waals surface area contributed by atoms with E-state index in [4.69, 9.17) is 9.90 Å². The van der Waals surface area contributed by atoms with Gasteiger partial charge < -0.3 is 10.0 Å². The number of halogens is 3. The van der Waals surface area contributed by atoms with Crippen LogP contribution in [0.3, 0.4) is 0 Å².